The number of esters is 1. The van der Waals surface area contributed by atoms with E-state index in [0.717, 1.165) is 52.1 Å². The van der Waals surface area contributed by atoms with Gasteiger partial charge in [0.05, 0.1) is 16.8 Å². The fourth-order valence-corrected chi connectivity index (χ4v) is 4.35. The molecule has 1 aromatic heterocycles. The maximum absolute atomic E-state index is 13.2. The van der Waals surface area contributed by atoms with Gasteiger partial charge in [0.15, 0.2) is 18.1 Å². The lowest BCUT2D eigenvalue weighted by Crippen LogP contribution is -2.29. The predicted molar refractivity (Wildman–Crippen MR) is 129 cm³/mol. The number of aromatic nitrogens is 1. The zero-order chi connectivity index (χ0) is 23.5. The number of hydrogen-bond donors (Lipinski definition) is 1. The summed E-state index contributed by atoms with van der Waals surface area (Å²) in [5, 5.41) is 3.34. The summed E-state index contributed by atoms with van der Waals surface area (Å²) in [5.74, 6) is 0.560. The molecule has 1 aliphatic carbocycles. The first-order chi connectivity index (χ1) is 16.6. The van der Waals surface area contributed by atoms with Crippen LogP contribution in [0.15, 0.2) is 55.1 Å². The lowest BCUT2D eigenvalue weighted by atomic mass is 9.86. The molecular weight excluding hydrogens is 432 g/mol. The number of carbonyl (C=O) groups excluding carboxylic acids is 2. The monoisotopic (exact) mass is 456 g/mol. The van der Waals surface area contributed by atoms with Crippen molar-refractivity contribution in [3.05, 3.63) is 77.5 Å². The van der Waals surface area contributed by atoms with E-state index in [-0.39, 0.29) is 19.3 Å². The van der Waals surface area contributed by atoms with Gasteiger partial charge in [-0.3, -0.25) is 4.79 Å². The van der Waals surface area contributed by atoms with Gasteiger partial charge in [0.25, 0.3) is 5.91 Å². The van der Waals surface area contributed by atoms with Crippen molar-refractivity contribution in [3.63, 3.8) is 0 Å². The highest BCUT2D eigenvalue weighted by molar-refractivity contribution is 6.07. The molecule has 172 valence electrons. The molecule has 0 bridgehead atoms. The number of benzene rings is 2. The molecule has 5 rings (SSSR count). The third-order valence-corrected chi connectivity index (χ3v) is 5.89. The van der Waals surface area contributed by atoms with Crippen molar-refractivity contribution in [2.45, 2.75) is 19.3 Å². The zero-order valence-corrected chi connectivity index (χ0v) is 18.6. The average Bonchev–Trinajstić information content (AvgIpc) is 3.33. The molecule has 0 unspecified atom stereocenters. The molecule has 2 aliphatic rings. The van der Waals surface area contributed by atoms with E-state index < -0.39 is 5.97 Å². The highest BCUT2D eigenvalue weighted by Crippen LogP contribution is 2.38. The van der Waals surface area contributed by atoms with Gasteiger partial charge < -0.3 is 19.5 Å². The van der Waals surface area contributed by atoms with Crippen molar-refractivity contribution in [1.29, 1.82) is 0 Å². The first kappa shape index (κ1) is 21.7. The van der Waals surface area contributed by atoms with Gasteiger partial charge in [-0.2, -0.15) is 0 Å². The van der Waals surface area contributed by atoms with E-state index in [1.165, 1.54) is 0 Å². The first-order valence-corrected chi connectivity index (χ1v) is 11.2. The van der Waals surface area contributed by atoms with E-state index in [1.807, 2.05) is 42.5 Å². The van der Waals surface area contributed by atoms with Crippen molar-refractivity contribution < 1.29 is 23.8 Å². The summed E-state index contributed by atoms with van der Waals surface area (Å²) >= 11 is 0. The number of allylic oxidation sites excluding steroid dienone is 1. The van der Waals surface area contributed by atoms with Crippen LogP contribution in [-0.4, -0.2) is 36.8 Å². The Morgan fingerprint density at radius 3 is 2.85 bits per heavy atom. The van der Waals surface area contributed by atoms with Crippen LogP contribution in [0.5, 0.6) is 11.5 Å². The highest BCUT2D eigenvalue weighted by atomic mass is 16.7. The molecule has 2 heterocycles. The van der Waals surface area contributed by atoms with E-state index >= 15 is 0 Å². The van der Waals surface area contributed by atoms with Gasteiger partial charge >= 0.3 is 5.97 Å². The Kier molecular flexibility index (Phi) is 5.99. The second kappa shape index (κ2) is 9.39. The molecule has 0 atom stereocenters. The Hall–Kier alpha value is -4.13. The van der Waals surface area contributed by atoms with Crippen molar-refractivity contribution in [2.24, 2.45) is 0 Å². The maximum Gasteiger partial charge on any atom is 0.339 e. The van der Waals surface area contributed by atoms with Crippen LogP contribution in [0.3, 0.4) is 0 Å². The normalized spacial score (nSPS) is 15.1. The summed E-state index contributed by atoms with van der Waals surface area (Å²) in [6, 6.07) is 13.3. The molecule has 2 aromatic carbocycles. The lowest BCUT2D eigenvalue weighted by Gasteiger charge is -2.22. The quantitative estimate of drug-likeness (QED) is 0.440. The van der Waals surface area contributed by atoms with Crippen molar-refractivity contribution in [2.75, 3.05) is 19.9 Å². The molecule has 1 amide bonds. The van der Waals surface area contributed by atoms with Crippen LogP contribution < -0.4 is 14.8 Å². The molecule has 1 aliphatic heterocycles. The number of rotatable bonds is 6. The maximum atomic E-state index is 13.2. The third-order valence-electron chi connectivity index (χ3n) is 5.89. The molecule has 7 heteroatoms. The standard InChI is InChI=1S/C27H24N2O5/c1-2-12-28-24(30)15-32-27(31)25-19-7-3-4-9-21(19)29-26-18(6-5-8-20(25)26)13-17-10-11-22-23(14-17)34-16-33-22/h2-4,7,9-11,13-14H,1,5-6,8,12,15-16H2,(H,28,30). The average molecular weight is 456 g/mol. The zero-order valence-electron chi connectivity index (χ0n) is 18.6. The molecule has 0 spiro atoms. The molecule has 34 heavy (non-hydrogen) atoms. The Bertz CT molecular complexity index is 1330. The van der Waals surface area contributed by atoms with Gasteiger partial charge in [0, 0.05) is 11.9 Å². The topological polar surface area (TPSA) is 86.8 Å². The Labute approximate surface area is 197 Å². The summed E-state index contributed by atoms with van der Waals surface area (Å²) in [6.07, 6.45) is 6.08. The number of nitrogens with one attached hydrogen (secondary N) is 1. The van der Waals surface area contributed by atoms with Crippen LogP contribution in [-0.2, 0) is 16.0 Å². The largest absolute Gasteiger partial charge is 0.454 e. The van der Waals surface area contributed by atoms with Gasteiger partial charge in [-0.05, 0) is 60.2 Å². The number of hydrogen-bond acceptors (Lipinski definition) is 6. The number of para-hydroxylation sites is 1. The number of pyridine rings is 1. The van der Waals surface area contributed by atoms with E-state index in [4.69, 9.17) is 19.2 Å². The first-order valence-electron chi connectivity index (χ1n) is 11.2. The summed E-state index contributed by atoms with van der Waals surface area (Å²) in [4.78, 5) is 30.1. The fraction of sp³-hybridized carbons (Fsp3) is 0.222. The summed E-state index contributed by atoms with van der Waals surface area (Å²) in [7, 11) is 0. The van der Waals surface area contributed by atoms with Gasteiger partial charge in [-0.1, -0.05) is 30.3 Å². The highest BCUT2D eigenvalue weighted by Gasteiger charge is 2.26. The minimum atomic E-state index is -0.520. The van der Waals surface area contributed by atoms with Crippen molar-refractivity contribution in [1.82, 2.24) is 10.3 Å². The van der Waals surface area contributed by atoms with Crippen molar-refractivity contribution in [3.8, 4) is 11.5 Å². The molecule has 3 aromatic rings. The van der Waals surface area contributed by atoms with Crippen LogP contribution in [0.1, 0.15) is 40.0 Å². The molecular formula is C27H24N2O5. The molecule has 1 N–H and O–H groups in total. The van der Waals surface area contributed by atoms with E-state index in [1.54, 1.807) is 6.08 Å². The van der Waals surface area contributed by atoms with Crippen molar-refractivity contribution >= 4 is 34.4 Å². The van der Waals surface area contributed by atoms with Gasteiger partial charge in [-0.25, -0.2) is 9.78 Å². The summed E-state index contributed by atoms with van der Waals surface area (Å²) in [5.41, 5.74) is 4.86. The second-order valence-electron chi connectivity index (χ2n) is 8.14. The predicted octanol–water partition coefficient (Wildman–Crippen LogP) is 4.30. The molecule has 0 radical (unpaired) electrons. The van der Waals surface area contributed by atoms with Crippen LogP contribution in [0, 0.1) is 0 Å². The van der Waals surface area contributed by atoms with Crippen LogP contribution in [0.4, 0.5) is 0 Å². The number of fused-ring (bicyclic) bond motifs is 3. The fourth-order valence-electron chi connectivity index (χ4n) is 4.35. The Balaban J connectivity index is 1.53. The minimum Gasteiger partial charge on any atom is -0.454 e. The summed E-state index contributed by atoms with van der Waals surface area (Å²) in [6.45, 7) is 3.76. The smallest absolute Gasteiger partial charge is 0.339 e. The van der Waals surface area contributed by atoms with Gasteiger partial charge in [0.2, 0.25) is 6.79 Å². The van der Waals surface area contributed by atoms with Gasteiger partial charge in [-0.15, -0.1) is 6.58 Å². The Morgan fingerprint density at radius 2 is 1.97 bits per heavy atom. The minimum absolute atomic E-state index is 0.225. The lowest BCUT2D eigenvalue weighted by molar-refractivity contribution is -0.124. The number of amides is 1. The second-order valence-corrected chi connectivity index (χ2v) is 8.14. The summed E-state index contributed by atoms with van der Waals surface area (Å²) < 4.78 is 16.3. The SMILES string of the molecule is C=CCNC(=O)COC(=O)c1c2c(nc3ccccc13)C(=Cc1ccc3c(c1)OCO3)CCC2. The van der Waals surface area contributed by atoms with E-state index in [9.17, 15) is 9.59 Å². The van der Waals surface area contributed by atoms with Crippen LogP contribution in [0.2, 0.25) is 0 Å². The molecule has 0 saturated heterocycles. The van der Waals surface area contributed by atoms with Crippen LogP contribution in [0.25, 0.3) is 22.6 Å². The number of carbonyl (C=O) groups is 2. The molecule has 7 nitrogen and oxygen atoms in total. The van der Waals surface area contributed by atoms with E-state index in [2.05, 4.69) is 18.0 Å². The number of ether oxygens (including phenoxy) is 3. The Morgan fingerprint density at radius 1 is 1.12 bits per heavy atom. The third kappa shape index (κ3) is 4.24. The van der Waals surface area contributed by atoms with Crippen LogP contribution >= 0.6 is 0 Å². The van der Waals surface area contributed by atoms with E-state index in [0.29, 0.717) is 24.0 Å². The molecule has 0 saturated carbocycles. The van der Waals surface area contributed by atoms with Gasteiger partial charge in [0.1, 0.15) is 0 Å². The molecule has 0 fully saturated rings. The number of nitrogens with zero attached hydrogens (tertiary/aromatic N) is 1.